The second-order valence-electron chi connectivity index (χ2n) is 5.09. The number of nitrogens with one attached hydrogen (secondary N) is 1. The molecule has 6 nitrogen and oxygen atoms in total. The molecule has 0 radical (unpaired) electrons. The molecule has 0 spiro atoms. The van der Waals surface area contributed by atoms with Gasteiger partial charge in [0.15, 0.2) is 0 Å². The van der Waals surface area contributed by atoms with Crippen LogP contribution in [0.15, 0.2) is 29.2 Å². The number of nitrogens with two attached hydrogens (primary N) is 1. The molecule has 1 saturated heterocycles. The van der Waals surface area contributed by atoms with E-state index in [2.05, 4.69) is 9.73 Å². The molecular weight excluding hydrogens is 308 g/mol. The third-order valence-electron chi connectivity index (χ3n) is 3.30. The normalized spacial score (nSPS) is 18.0. The minimum absolute atomic E-state index is 0.0817. The average Bonchev–Trinajstić information content (AvgIpc) is 2.43. The highest BCUT2D eigenvalue weighted by molar-refractivity contribution is 8.00. The van der Waals surface area contributed by atoms with Crippen molar-refractivity contribution in [3.05, 3.63) is 24.3 Å². The molecule has 0 aliphatic carbocycles. The largest absolute Gasteiger partial charge is 0.398 e. The molecule has 0 aromatic heterocycles. The molecule has 1 aliphatic rings. The van der Waals surface area contributed by atoms with Gasteiger partial charge in [-0.3, -0.25) is 0 Å². The predicted octanol–water partition coefficient (Wildman–Crippen LogP) is 0.443. The third kappa shape index (κ3) is 5.48. The maximum absolute atomic E-state index is 12.0. The summed E-state index contributed by atoms with van der Waals surface area (Å²) in [5.74, 6) is 0.565. The Morgan fingerprint density at radius 1 is 1.24 bits per heavy atom. The number of hydrogen-bond donors (Lipinski definition) is 2. The van der Waals surface area contributed by atoms with E-state index in [-0.39, 0.29) is 5.75 Å². The van der Waals surface area contributed by atoms with Crippen molar-refractivity contribution >= 4 is 27.5 Å². The van der Waals surface area contributed by atoms with Gasteiger partial charge in [0.1, 0.15) is 0 Å². The van der Waals surface area contributed by atoms with Crippen LogP contribution in [0.3, 0.4) is 0 Å². The molecule has 21 heavy (non-hydrogen) atoms. The SMILES string of the molecule is CN1CCN(NS(=O)(=O)CCSc2ccccc2N)CC1. The zero-order valence-corrected chi connectivity index (χ0v) is 13.8. The molecule has 1 heterocycles. The van der Waals surface area contributed by atoms with Crippen LogP contribution in [0.5, 0.6) is 0 Å². The number of benzene rings is 1. The Balaban J connectivity index is 1.78. The number of nitrogen functional groups attached to an aromatic ring is 1. The van der Waals surface area contributed by atoms with Crippen molar-refractivity contribution in [3.8, 4) is 0 Å². The van der Waals surface area contributed by atoms with Crippen LogP contribution in [-0.2, 0) is 10.0 Å². The topological polar surface area (TPSA) is 78.7 Å². The molecule has 0 saturated carbocycles. The summed E-state index contributed by atoms with van der Waals surface area (Å²) in [4.78, 5) is 5.75. The number of thioether (sulfide) groups is 1. The summed E-state index contributed by atoms with van der Waals surface area (Å²) < 4.78 is 24.1. The Kier molecular flexibility index (Phi) is 5.88. The van der Waals surface area contributed by atoms with Crippen LogP contribution in [0, 0.1) is 0 Å². The molecule has 118 valence electrons. The number of sulfonamides is 1. The monoisotopic (exact) mass is 330 g/mol. The van der Waals surface area contributed by atoms with Crippen LogP contribution in [0.25, 0.3) is 0 Å². The number of anilines is 1. The molecule has 0 bridgehead atoms. The van der Waals surface area contributed by atoms with E-state index in [1.54, 1.807) is 5.01 Å². The molecule has 0 unspecified atom stereocenters. The first-order valence-corrected chi connectivity index (χ1v) is 9.51. The van der Waals surface area contributed by atoms with Gasteiger partial charge in [-0.05, 0) is 19.2 Å². The van der Waals surface area contributed by atoms with E-state index in [9.17, 15) is 8.42 Å². The number of piperazine rings is 1. The molecule has 1 aromatic carbocycles. The van der Waals surface area contributed by atoms with Crippen molar-refractivity contribution in [3.63, 3.8) is 0 Å². The van der Waals surface area contributed by atoms with Gasteiger partial charge >= 0.3 is 0 Å². The van der Waals surface area contributed by atoms with Gasteiger partial charge in [-0.2, -0.15) is 0 Å². The van der Waals surface area contributed by atoms with Crippen LogP contribution in [0.2, 0.25) is 0 Å². The lowest BCUT2D eigenvalue weighted by molar-refractivity contribution is 0.135. The first-order valence-electron chi connectivity index (χ1n) is 6.87. The lowest BCUT2D eigenvalue weighted by atomic mass is 10.3. The van der Waals surface area contributed by atoms with Crippen molar-refractivity contribution in [1.29, 1.82) is 0 Å². The summed E-state index contributed by atoms with van der Waals surface area (Å²) in [6, 6.07) is 7.49. The van der Waals surface area contributed by atoms with Crippen molar-refractivity contribution in [1.82, 2.24) is 14.7 Å². The number of rotatable bonds is 6. The summed E-state index contributed by atoms with van der Waals surface area (Å²) in [6.45, 7) is 3.18. The maximum Gasteiger partial charge on any atom is 0.225 e. The van der Waals surface area contributed by atoms with Gasteiger partial charge in [0, 0.05) is 42.5 Å². The summed E-state index contributed by atoms with van der Waals surface area (Å²) in [5.41, 5.74) is 6.52. The lowest BCUT2D eigenvalue weighted by Crippen LogP contribution is -2.53. The van der Waals surface area contributed by atoms with E-state index in [4.69, 9.17) is 5.73 Å². The van der Waals surface area contributed by atoms with Crippen molar-refractivity contribution in [2.45, 2.75) is 4.90 Å². The Labute approximate surface area is 130 Å². The highest BCUT2D eigenvalue weighted by atomic mass is 32.2. The van der Waals surface area contributed by atoms with Crippen LogP contribution in [0.4, 0.5) is 5.69 Å². The minimum Gasteiger partial charge on any atom is -0.398 e. The molecule has 1 aliphatic heterocycles. The minimum atomic E-state index is -3.29. The number of para-hydroxylation sites is 1. The highest BCUT2D eigenvalue weighted by Crippen LogP contribution is 2.24. The first kappa shape index (κ1) is 16.6. The third-order valence-corrected chi connectivity index (χ3v) is 5.93. The van der Waals surface area contributed by atoms with Crippen LogP contribution >= 0.6 is 11.8 Å². The smallest absolute Gasteiger partial charge is 0.225 e. The second kappa shape index (κ2) is 7.46. The Morgan fingerprint density at radius 3 is 2.57 bits per heavy atom. The molecule has 2 rings (SSSR count). The number of nitrogens with zero attached hydrogens (tertiary/aromatic N) is 2. The van der Waals surface area contributed by atoms with Gasteiger partial charge < -0.3 is 10.6 Å². The van der Waals surface area contributed by atoms with Gasteiger partial charge in [0.25, 0.3) is 0 Å². The van der Waals surface area contributed by atoms with Gasteiger partial charge in [-0.1, -0.05) is 12.1 Å². The zero-order valence-electron chi connectivity index (χ0n) is 12.2. The first-order chi connectivity index (χ1) is 9.96. The molecule has 1 fully saturated rings. The quantitative estimate of drug-likeness (QED) is 0.582. The summed E-state index contributed by atoms with van der Waals surface area (Å²) in [5, 5.41) is 1.77. The van der Waals surface area contributed by atoms with E-state index in [0.717, 1.165) is 18.0 Å². The maximum atomic E-state index is 12.0. The fourth-order valence-electron chi connectivity index (χ4n) is 2.01. The van der Waals surface area contributed by atoms with E-state index in [1.807, 2.05) is 31.3 Å². The summed E-state index contributed by atoms with van der Waals surface area (Å²) in [7, 11) is -1.25. The molecule has 0 atom stereocenters. The van der Waals surface area contributed by atoms with E-state index in [0.29, 0.717) is 24.5 Å². The lowest BCUT2D eigenvalue weighted by Gasteiger charge is -2.32. The van der Waals surface area contributed by atoms with E-state index < -0.39 is 10.0 Å². The van der Waals surface area contributed by atoms with Crippen molar-refractivity contribution in [2.75, 3.05) is 50.5 Å². The molecule has 8 heteroatoms. The molecular formula is C13H22N4O2S2. The molecule has 1 aromatic rings. The zero-order chi connectivity index (χ0) is 15.3. The Bertz CT molecular complexity index is 557. The van der Waals surface area contributed by atoms with Gasteiger partial charge in [0.05, 0.1) is 5.75 Å². The second-order valence-corrected chi connectivity index (χ2v) is 8.04. The van der Waals surface area contributed by atoms with Crippen molar-refractivity contribution < 1.29 is 8.42 Å². The molecule has 3 N–H and O–H groups in total. The van der Waals surface area contributed by atoms with E-state index >= 15 is 0 Å². The number of hydrazine groups is 1. The number of hydrogen-bond acceptors (Lipinski definition) is 6. The summed E-state index contributed by atoms with van der Waals surface area (Å²) in [6.07, 6.45) is 0. The van der Waals surface area contributed by atoms with Crippen LogP contribution in [-0.4, -0.2) is 63.1 Å². The fraction of sp³-hybridized carbons (Fsp3) is 0.538. The van der Waals surface area contributed by atoms with Crippen LogP contribution in [0.1, 0.15) is 0 Å². The van der Waals surface area contributed by atoms with Gasteiger partial charge in [0.2, 0.25) is 10.0 Å². The highest BCUT2D eigenvalue weighted by Gasteiger charge is 2.19. The summed E-state index contributed by atoms with van der Waals surface area (Å²) >= 11 is 1.47. The fourth-order valence-corrected chi connectivity index (χ4v) is 4.52. The Morgan fingerprint density at radius 2 is 1.90 bits per heavy atom. The van der Waals surface area contributed by atoms with E-state index in [1.165, 1.54) is 11.8 Å². The van der Waals surface area contributed by atoms with Crippen LogP contribution < -0.4 is 10.6 Å². The van der Waals surface area contributed by atoms with Crippen molar-refractivity contribution in [2.24, 2.45) is 0 Å². The van der Waals surface area contributed by atoms with Gasteiger partial charge in [-0.15, -0.1) is 16.6 Å². The Hall–Kier alpha value is -0.800. The number of likely N-dealkylation sites (N-methyl/N-ethyl adjacent to an activating group) is 1. The molecule has 0 amide bonds. The van der Waals surface area contributed by atoms with Gasteiger partial charge in [-0.25, -0.2) is 13.4 Å². The standard InChI is InChI=1S/C13H22N4O2S2/c1-16-6-8-17(9-7-16)15-21(18,19)11-10-20-13-5-3-2-4-12(13)14/h2-5,15H,6-11,14H2,1H3. The average molecular weight is 330 g/mol. The predicted molar refractivity (Wildman–Crippen MR) is 87.6 cm³/mol.